The number of nitrogens with one attached hydrogen (secondary N) is 3. The molecule has 1 amide bonds. The molecule has 0 aromatic heterocycles. The van der Waals surface area contributed by atoms with E-state index >= 15 is 0 Å². The van der Waals surface area contributed by atoms with Gasteiger partial charge in [0.15, 0.2) is 5.96 Å². The second kappa shape index (κ2) is 12.1. The number of carbonyl (C=O) groups excluding carboxylic acids is 1. The molecule has 0 aliphatic carbocycles. The van der Waals surface area contributed by atoms with Crippen LogP contribution in [0, 0.1) is 0 Å². The minimum Gasteiger partial charge on any atom is -0.497 e. The van der Waals surface area contributed by atoms with E-state index in [4.69, 9.17) is 16.3 Å². The maximum absolute atomic E-state index is 12.3. The van der Waals surface area contributed by atoms with Crippen LogP contribution in [-0.2, 0) is 13.0 Å². The van der Waals surface area contributed by atoms with Crippen molar-refractivity contribution in [1.29, 1.82) is 0 Å². The summed E-state index contributed by atoms with van der Waals surface area (Å²) >= 11 is 6.29. The van der Waals surface area contributed by atoms with Crippen molar-refractivity contribution in [1.82, 2.24) is 16.0 Å². The molecule has 0 radical (unpaired) electrons. The number of rotatable bonds is 9. The van der Waals surface area contributed by atoms with Gasteiger partial charge in [0.1, 0.15) is 5.75 Å². The fourth-order valence-electron chi connectivity index (χ4n) is 2.81. The average molecular weight is 431 g/mol. The lowest BCUT2D eigenvalue weighted by Gasteiger charge is -2.14. The largest absolute Gasteiger partial charge is 0.497 e. The zero-order valence-electron chi connectivity index (χ0n) is 18.1. The smallest absolute Gasteiger partial charge is 0.251 e. The summed E-state index contributed by atoms with van der Waals surface area (Å²) in [5.74, 6) is 1.38. The van der Waals surface area contributed by atoms with Crippen molar-refractivity contribution in [2.45, 2.75) is 39.3 Å². The van der Waals surface area contributed by atoms with Crippen LogP contribution < -0.4 is 20.7 Å². The van der Waals surface area contributed by atoms with Gasteiger partial charge in [-0.05, 0) is 55.2 Å². The average Bonchev–Trinajstić information content (AvgIpc) is 2.76. The molecule has 2 aromatic rings. The van der Waals surface area contributed by atoms with E-state index in [-0.39, 0.29) is 11.9 Å². The van der Waals surface area contributed by atoms with Gasteiger partial charge in [-0.2, -0.15) is 0 Å². The summed E-state index contributed by atoms with van der Waals surface area (Å²) in [5.41, 5.74) is 2.71. The van der Waals surface area contributed by atoms with Crippen molar-refractivity contribution in [3.05, 3.63) is 64.2 Å². The van der Waals surface area contributed by atoms with Gasteiger partial charge in [-0.1, -0.05) is 36.7 Å². The number of guanidine groups is 1. The third-order valence-corrected chi connectivity index (χ3v) is 5.16. The molecule has 0 aliphatic heterocycles. The summed E-state index contributed by atoms with van der Waals surface area (Å²) in [6, 6.07) is 13.4. The van der Waals surface area contributed by atoms with Gasteiger partial charge in [0.05, 0.1) is 7.11 Å². The lowest BCUT2D eigenvalue weighted by atomic mass is 10.1. The summed E-state index contributed by atoms with van der Waals surface area (Å²) < 4.78 is 5.18. The Hall–Kier alpha value is -2.73. The van der Waals surface area contributed by atoms with E-state index in [1.807, 2.05) is 56.3 Å². The second-order valence-electron chi connectivity index (χ2n) is 7.04. The predicted molar refractivity (Wildman–Crippen MR) is 124 cm³/mol. The van der Waals surface area contributed by atoms with Crippen LogP contribution in [-0.4, -0.2) is 38.6 Å². The maximum atomic E-state index is 12.3. The quantitative estimate of drug-likeness (QED) is 0.418. The predicted octanol–water partition coefficient (Wildman–Crippen LogP) is 3.78. The molecule has 162 valence electrons. The van der Waals surface area contributed by atoms with Crippen LogP contribution in [0.15, 0.2) is 47.5 Å². The molecule has 3 N–H and O–H groups in total. The van der Waals surface area contributed by atoms with Crippen molar-refractivity contribution >= 4 is 23.5 Å². The lowest BCUT2D eigenvalue weighted by Crippen LogP contribution is -2.38. The number of benzene rings is 2. The Bertz CT molecular complexity index is 870. The number of hydrogen-bond donors (Lipinski definition) is 3. The minimum atomic E-state index is -0.0509. The van der Waals surface area contributed by atoms with Crippen molar-refractivity contribution < 1.29 is 9.53 Å². The first-order valence-electron chi connectivity index (χ1n) is 10.1. The molecule has 1 atom stereocenters. The highest BCUT2D eigenvalue weighted by molar-refractivity contribution is 6.31. The molecule has 0 spiro atoms. The van der Waals surface area contributed by atoms with E-state index in [0.29, 0.717) is 29.6 Å². The van der Waals surface area contributed by atoms with Gasteiger partial charge in [-0.15, -0.1) is 0 Å². The van der Waals surface area contributed by atoms with Crippen molar-refractivity contribution in [3.63, 3.8) is 0 Å². The third kappa shape index (κ3) is 7.26. The highest BCUT2D eigenvalue weighted by atomic mass is 35.5. The highest BCUT2D eigenvalue weighted by Crippen LogP contribution is 2.22. The normalized spacial score (nSPS) is 12.2. The molecule has 1 unspecified atom stereocenters. The maximum Gasteiger partial charge on any atom is 0.251 e. The van der Waals surface area contributed by atoms with Crippen molar-refractivity contribution in [2.75, 3.05) is 20.7 Å². The Labute approximate surface area is 184 Å². The number of amides is 1. The zero-order valence-corrected chi connectivity index (χ0v) is 18.8. The van der Waals surface area contributed by atoms with E-state index in [0.717, 1.165) is 29.7 Å². The Balaban J connectivity index is 1.85. The first-order valence-corrected chi connectivity index (χ1v) is 10.5. The second-order valence-corrected chi connectivity index (χ2v) is 7.45. The Kier molecular flexibility index (Phi) is 9.48. The van der Waals surface area contributed by atoms with E-state index in [1.54, 1.807) is 14.2 Å². The summed E-state index contributed by atoms with van der Waals surface area (Å²) in [5, 5.41) is 10.2. The molecule has 0 aliphatic rings. The van der Waals surface area contributed by atoms with E-state index in [1.165, 1.54) is 0 Å². The van der Waals surface area contributed by atoms with Gasteiger partial charge in [0.25, 0.3) is 5.91 Å². The molecule has 2 rings (SSSR count). The van der Waals surface area contributed by atoms with E-state index in [2.05, 4.69) is 20.9 Å². The number of hydrogen-bond acceptors (Lipinski definition) is 3. The molecule has 0 bridgehead atoms. The number of aliphatic imine (C=N–C) groups is 1. The van der Waals surface area contributed by atoms with Gasteiger partial charge in [-0.25, -0.2) is 0 Å². The van der Waals surface area contributed by atoms with Crippen LogP contribution >= 0.6 is 11.6 Å². The molecule has 0 saturated carbocycles. The summed E-state index contributed by atoms with van der Waals surface area (Å²) in [6.07, 6.45) is 1.66. The molecule has 0 saturated heterocycles. The number of ether oxygens (including phenoxy) is 1. The molecular formula is C23H31ClN4O2. The fraction of sp³-hybridized carbons (Fsp3) is 0.391. The zero-order chi connectivity index (χ0) is 21.9. The summed E-state index contributed by atoms with van der Waals surface area (Å²) in [7, 11) is 3.35. The van der Waals surface area contributed by atoms with Crippen LogP contribution in [0.1, 0.15) is 41.8 Å². The summed E-state index contributed by atoms with van der Waals surface area (Å²) in [6.45, 7) is 5.29. The molecule has 0 heterocycles. The van der Waals surface area contributed by atoms with Gasteiger partial charge in [-0.3, -0.25) is 9.79 Å². The molecular weight excluding hydrogens is 400 g/mol. The number of carbonyl (C=O) groups is 1. The van der Waals surface area contributed by atoms with Gasteiger partial charge in [0.2, 0.25) is 0 Å². The standard InChI is InChI=1S/C23H31ClN4O2/c1-5-16(2)28-22(29)19-8-6-7-17(13-19)15-27-23(25-3)26-12-11-18-9-10-20(30-4)14-21(18)24/h6-10,13-14,16H,5,11-12,15H2,1-4H3,(H,28,29)(H2,25,26,27). The Morgan fingerprint density at radius 2 is 2.00 bits per heavy atom. The molecule has 7 heteroatoms. The number of halogens is 1. The molecule has 30 heavy (non-hydrogen) atoms. The van der Waals surface area contributed by atoms with Gasteiger partial charge >= 0.3 is 0 Å². The summed E-state index contributed by atoms with van der Waals surface area (Å²) in [4.78, 5) is 16.6. The van der Waals surface area contributed by atoms with Crippen molar-refractivity contribution in [3.8, 4) is 5.75 Å². The fourth-order valence-corrected chi connectivity index (χ4v) is 3.08. The topological polar surface area (TPSA) is 74.8 Å². The lowest BCUT2D eigenvalue weighted by molar-refractivity contribution is 0.0939. The monoisotopic (exact) mass is 430 g/mol. The highest BCUT2D eigenvalue weighted by Gasteiger charge is 2.09. The minimum absolute atomic E-state index is 0.0509. The van der Waals surface area contributed by atoms with Crippen LogP contribution in [0.2, 0.25) is 5.02 Å². The van der Waals surface area contributed by atoms with Crippen LogP contribution in [0.25, 0.3) is 0 Å². The number of nitrogens with zero attached hydrogens (tertiary/aromatic N) is 1. The number of methoxy groups -OCH3 is 1. The SMILES string of the molecule is CCC(C)NC(=O)c1cccc(CNC(=NC)NCCc2ccc(OC)cc2Cl)c1. The molecule has 6 nitrogen and oxygen atoms in total. The first kappa shape index (κ1) is 23.5. The Morgan fingerprint density at radius 3 is 2.67 bits per heavy atom. The molecule has 2 aromatic carbocycles. The van der Waals surface area contributed by atoms with Crippen molar-refractivity contribution in [2.24, 2.45) is 4.99 Å². The first-order chi connectivity index (χ1) is 14.5. The van der Waals surface area contributed by atoms with Gasteiger partial charge < -0.3 is 20.7 Å². The van der Waals surface area contributed by atoms with Crippen LogP contribution in [0.4, 0.5) is 0 Å². The third-order valence-electron chi connectivity index (χ3n) is 4.81. The van der Waals surface area contributed by atoms with E-state index in [9.17, 15) is 4.79 Å². The van der Waals surface area contributed by atoms with E-state index < -0.39 is 0 Å². The molecule has 0 fully saturated rings. The van der Waals surface area contributed by atoms with Crippen LogP contribution in [0.3, 0.4) is 0 Å². The van der Waals surface area contributed by atoms with Gasteiger partial charge in [0, 0.05) is 36.8 Å². The van der Waals surface area contributed by atoms with Crippen LogP contribution in [0.5, 0.6) is 5.75 Å². The Morgan fingerprint density at radius 1 is 1.20 bits per heavy atom.